The van der Waals surface area contributed by atoms with E-state index in [1.807, 2.05) is 18.2 Å². The Hall–Kier alpha value is -1.99. The lowest BCUT2D eigenvalue weighted by atomic mass is 10.2. The summed E-state index contributed by atoms with van der Waals surface area (Å²) in [5.41, 5.74) is -2.65. The number of hydrogen-bond donors (Lipinski definition) is 0. The van der Waals surface area contributed by atoms with Crippen molar-refractivity contribution in [3.05, 3.63) is 65.7 Å². The Bertz CT molecular complexity index is 750. The SMILES string of the molecule is O=C(c1ccc(SC(F)(F)F)cc1)N1CCCN(Cc2ccccc2)CC1. The minimum Gasteiger partial charge on any atom is -0.337 e. The molecule has 1 aliphatic rings. The maximum absolute atomic E-state index is 12.7. The summed E-state index contributed by atoms with van der Waals surface area (Å²) < 4.78 is 37.2. The molecule has 2 aromatic rings. The molecule has 2 aromatic carbocycles. The van der Waals surface area contributed by atoms with Gasteiger partial charge in [0.05, 0.1) is 0 Å². The summed E-state index contributed by atoms with van der Waals surface area (Å²) in [5, 5.41) is 0. The molecule has 0 bridgehead atoms. The van der Waals surface area contributed by atoms with Crippen LogP contribution >= 0.6 is 11.8 Å². The molecule has 0 spiro atoms. The molecule has 144 valence electrons. The Labute approximate surface area is 161 Å². The van der Waals surface area contributed by atoms with E-state index in [1.54, 1.807) is 4.90 Å². The van der Waals surface area contributed by atoms with E-state index in [1.165, 1.54) is 29.8 Å². The zero-order valence-corrected chi connectivity index (χ0v) is 15.6. The van der Waals surface area contributed by atoms with Gasteiger partial charge >= 0.3 is 5.51 Å². The van der Waals surface area contributed by atoms with Crippen molar-refractivity contribution in [1.29, 1.82) is 0 Å². The molecule has 1 aliphatic heterocycles. The molecule has 1 fully saturated rings. The number of halogens is 3. The highest BCUT2D eigenvalue weighted by atomic mass is 32.2. The first-order chi connectivity index (χ1) is 12.9. The van der Waals surface area contributed by atoms with E-state index in [4.69, 9.17) is 0 Å². The summed E-state index contributed by atoms with van der Waals surface area (Å²) in [4.78, 5) is 16.9. The summed E-state index contributed by atoms with van der Waals surface area (Å²) in [5.74, 6) is -0.125. The van der Waals surface area contributed by atoms with E-state index >= 15 is 0 Å². The van der Waals surface area contributed by atoms with Crippen LogP contribution in [0.3, 0.4) is 0 Å². The first kappa shape index (κ1) is 19.8. The molecule has 0 aromatic heterocycles. The van der Waals surface area contributed by atoms with E-state index in [0.29, 0.717) is 18.7 Å². The number of benzene rings is 2. The Balaban J connectivity index is 1.57. The predicted molar refractivity (Wildman–Crippen MR) is 101 cm³/mol. The highest BCUT2D eigenvalue weighted by Crippen LogP contribution is 2.36. The van der Waals surface area contributed by atoms with Crippen LogP contribution in [0.15, 0.2) is 59.5 Å². The van der Waals surface area contributed by atoms with Crippen LogP contribution in [0, 0.1) is 0 Å². The zero-order valence-electron chi connectivity index (χ0n) is 14.8. The van der Waals surface area contributed by atoms with Crippen molar-refractivity contribution in [2.24, 2.45) is 0 Å². The van der Waals surface area contributed by atoms with Crippen molar-refractivity contribution in [2.45, 2.75) is 23.4 Å². The van der Waals surface area contributed by atoms with Gasteiger partial charge in [0.2, 0.25) is 0 Å². The van der Waals surface area contributed by atoms with Crippen molar-refractivity contribution >= 4 is 17.7 Å². The van der Waals surface area contributed by atoms with Crippen LogP contribution < -0.4 is 0 Å². The average molecular weight is 394 g/mol. The van der Waals surface area contributed by atoms with Crippen molar-refractivity contribution in [2.75, 3.05) is 26.2 Å². The monoisotopic (exact) mass is 394 g/mol. The number of carbonyl (C=O) groups excluding carboxylic acids is 1. The van der Waals surface area contributed by atoms with Crippen LogP contribution in [-0.2, 0) is 6.54 Å². The van der Waals surface area contributed by atoms with Gasteiger partial charge in [0.15, 0.2) is 0 Å². The third-order valence-electron chi connectivity index (χ3n) is 4.46. The van der Waals surface area contributed by atoms with Gasteiger partial charge in [-0.25, -0.2) is 0 Å². The Morgan fingerprint density at radius 2 is 1.63 bits per heavy atom. The Kier molecular flexibility index (Phi) is 6.44. The van der Waals surface area contributed by atoms with Gasteiger partial charge in [0.1, 0.15) is 0 Å². The van der Waals surface area contributed by atoms with Crippen molar-refractivity contribution in [3.8, 4) is 0 Å². The van der Waals surface area contributed by atoms with E-state index in [2.05, 4.69) is 17.0 Å². The fourth-order valence-corrected chi connectivity index (χ4v) is 3.69. The van der Waals surface area contributed by atoms with Crippen LogP contribution in [0.25, 0.3) is 0 Å². The number of carbonyl (C=O) groups is 1. The molecule has 1 heterocycles. The second-order valence-electron chi connectivity index (χ2n) is 6.48. The number of amides is 1. The van der Waals surface area contributed by atoms with Crippen LogP contribution in [0.4, 0.5) is 13.2 Å². The summed E-state index contributed by atoms with van der Waals surface area (Å²) >= 11 is -0.170. The standard InChI is InChI=1S/C20H21F3N2OS/c21-20(22,23)27-18-9-7-17(8-10-18)19(26)25-12-4-11-24(13-14-25)15-16-5-2-1-3-6-16/h1-3,5-10H,4,11-15H2. The lowest BCUT2D eigenvalue weighted by molar-refractivity contribution is -0.0328. The quantitative estimate of drug-likeness (QED) is 0.706. The second kappa shape index (κ2) is 8.80. The molecule has 27 heavy (non-hydrogen) atoms. The molecule has 0 saturated carbocycles. The van der Waals surface area contributed by atoms with Gasteiger partial charge in [-0.15, -0.1) is 0 Å². The molecule has 3 rings (SSSR count). The third-order valence-corrected chi connectivity index (χ3v) is 5.20. The molecule has 0 aliphatic carbocycles. The summed E-state index contributed by atoms with van der Waals surface area (Å²) in [6.45, 7) is 3.82. The molecule has 0 atom stereocenters. The first-order valence-corrected chi connectivity index (χ1v) is 9.64. The smallest absolute Gasteiger partial charge is 0.337 e. The van der Waals surface area contributed by atoms with Gasteiger partial charge in [-0.2, -0.15) is 13.2 Å². The van der Waals surface area contributed by atoms with E-state index in [0.717, 1.165) is 26.1 Å². The number of rotatable bonds is 4. The van der Waals surface area contributed by atoms with Gasteiger partial charge in [-0.05, 0) is 48.0 Å². The Morgan fingerprint density at radius 1 is 0.926 bits per heavy atom. The number of alkyl halides is 3. The maximum Gasteiger partial charge on any atom is 0.446 e. The van der Waals surface area contributed by atoms with E-state index in [-0.39, 0.29) is 22.6 Å². The average Bonchev–Trinajstić information content (AvgIpc) is 2.87. The largest absolute Gasteiger partial charge is 0.446 e. The van der Waals surface area contributed by atoms with Crippen LogP contribution in [0.2, 0.25) is 0 Å². The highest BCUT2D eigenvalue weighted by molar-refractivity contribution is 8.00. The molecular weight excluding hydrogens is 373 g/mol. The number of thioether (sulfide) groups is 1. The van der Waals surface area contributed by atoms with Gasteiger partial charge in [-0.1, -0.05) is 30.3 Å². The number of nitrogens with zero attached hydrogens (tertiary/aromatic N) is 2. The van der Waals surface area contributed by atoms with Gasteiger partial charge in [-0.3, -0.25) is 9.69 Å². The normalized spacial score (nSPS) is 16.2. The first-order valence-electron chi connectivity index (χ1n) is 8.82. The molecule has 0 unspecified atom stereocenters. The second-order valence-corrected chi connectivity index (χ2v) is 7.62. The summed E-state index contributed by atoms with van der Waals surface area (Å²) in [7, 11) is 0. The minimum atomic E-state index is -4.32. The van der Waals surface area contributed by atoms with Crippen LogP contribution in [0.5, 0.6) is 0 Å². The third kappa shape index (κ3) is 6.01. The van der Waals surface area contributed by atoms with Crippen LogP contribution in [-0.4, -0.2) is 47.4 Å². The topological polar surface area (TPSA) is 23.6 Å². The van der Waals surface area contributed by atoms with E-state index < -0.39 is 5.51 Å². The summed E-state index contributed by atoms with van der Waals surface area (Å²) in [6, 6.07) is 15.9. The van der Waals surface area contributed by atoms with Crippen molar-refractivity contribution in [3.63, 3.8) is 0 Å². The maximum atomic E-state index is 12.7. The minimum absolute atomic E-state index is 0.0870. The fraction of sp³-hybridized carbons (Fsp3) is 0.350. The lowest BCUT2D eigenvalue weighted by Crippen LogP contribution is -2.35. The zero-order chi connectivity index (χ0) is 19.3. The van der Waals surface area contributed by atoms with Crippen LogP contribution in [0.1, 0.15) is 22.3 Å². The molecule has 1 saturated heterocycles. The fourth-order valence-electron chi connectivity index (χ4n) is 3.16. The van der Waals surface area contributed by atoms with Gasteiger partial charge in [0.25, 0.3) is 5.91 Å². The lowest BCUT2D eigenvalue weighted by Gasteiger charge is -2.22. The summed E-state index contributed by atoms with van der Waals surface area (Å²) in [6.07, 6.45) is 0.876. The Morgan fingerprint density at radius 3 is 2.30 bits per heavy atom. The molecule has 1 amide bonds. The van der Waals surface area contributed by atoms with E-state index in [9.17, 15) is 18.0 Å². The molecule has 0 radical (unpaired) electrons. The van der Waals surface area contributed by atoms with Gasteiger partial charge in [0, 0.05) is 43.2 Å². The van der Waals surface area contributed by atoms with Gasteiger partial charge < -0.3 is 4.90 Å². The molecule has 0 N–H and O–H groups in total. The molecular formula is C20H21F3N2OS. The predicted octanol–water partition coefficient (Wildman–Crippen LogP) is 4.65. The van der Waals surface area contributed by atoms with Crippen molar-refractivity contribution in [1.82, 2.24) is 9.80 Å². The highest BCUT2D eigenvalue weighted by Gasteiger charge is 2.29. The van der Waals surface area contributed by atoms with Crippen molar-refractivity contribution < 1.29 is 18.0 Å². The molecule has 3 nitrogen and oxygen atoms in total. The molecule has 7 heteroatoms. The number of hydrogen-bond acceptors (Lipinski definition) is 3.